The minimum absolute atomic E-state index is 0.00658. The summed E-state index contributed by atoms with van der Waals surface area (Å²) in [7, 11) is 0. The van der Waals surface area contributed by atoms with E-state index in [0.29, 0.717) is 63.1 Å². The van der Waals surface area contributed by atoms with Crippen molar-refractivity contribution >= 4 is 17.5 Å². The highest BCUT2D eigenvalue weighted by atomic mass is 19.1. The van der Waals surface area contributed by atoms with Crippen molar-refractivity contribution in [3.05, 3.63) is 29.6 Å². The second-order valence-electron chi connectivity index (χ2n) is 10.4. The molecule has 8 heteroatoms. The van der Waals surface area contributed by atoms with Crippen LogP contribution in [0.5, 0.6) is 0 Å². The maximum atomic E-state index is 14.9. The van der Waals surface area contributed by atoms with Crippen LogP contribution in [-0.2, 0) is 15.0 Å². The summed E-state index contributed by atoms with van der Waals surface area (Å²) in [5, 5.41) is 21.5. The molecule has 0 unspecified atom stereocenters. The number of nitriles is 2. The van der Waals surface area contributed by atoms with E-state index in [2.05, 4.69) is 17.5 Å². The van der Waals surface area contributed by atoms with Gasteiger partial charge in [-0.25, -0.2) is 4.39 Å². The van der Waals surface area contributed by atoms with Gasteiger partial charge in [0, 0.05) is 38.0 Å². The molecule has 0 spiro atoms. The second kappa shape index (κ2) is 9.25. The summed E-state index contributed by atoms with van der Waals surface area (Å²) in [6, 6.07) is 9.32. The van der Waals surface area contributed by atoms with Gasteiger partial charge in [-0.2, -0.15) is 10.5 Å². The van der Waals surface area contributed by atoms with E-state index in [1.807, 2.05) is 4.90 Å². The molecule has 2 atom stereocenters. The molecule has 34 heavy (non-hydrogen) atoms. The first-order chi connectivity index (χ1) is 16.2. The van der Waals surface area contributed by atoms with Crippen molar-refractivity contribution in [2.45, 2.75) is 63.3 Å². The maximum absolute atomic E-state index is 14.9. The highest BCUT2D eigenvalue weighted by Crippen LogP contribution is 2.37. The molecule has 3 aliphatic rings. The van der Waals surface area contributed by atoms with E-state index in [-0.39, 0.29) is 23.5 Å². The van der Waals surface area contributed by atoms with Crippen LogP contribution >= 0.6 is 0 Å². The Morgan fingerprint density at radius 1 is 1.09 bits per heavy atom. The average Bonchev–Trinajstić information content (AvgIpc) is 3.63. The summed E-state index contributed by atoms with van der Waals surface area (Å²) >= 11 is 0. The lowest BCUT2D eigenvalue weighted by Crippen LogP contribution is -2.53. The van der Waals surface area contributed by atoms with E-state index in [1.54, 1.807) is 30.9 Å². The van der Waals surface area contributed by atoms with Crippen LogP contribution in [0.3, 0.4) is 0 Å². The van der Waals surface area contributed by atoms with Gasteiger partial charge < -0.3 is 15.1 Å². The van der Waals surface area contributed by atoms with Gasteiger partial charge in [-0.15, -0.1) is 0 Å². The van der Waals surface area contributed by atoms with Gasteiger partial charge in [0.2, 0.25) is 11.8 Å². The highest BCUT2D eigenvalue weighted by molar-refractivity contribution is 5.89. The van der Waals surface area contributed by atoms with E-state index in [0.717, 1.165) is 12.8 Å². The third-order valence-corrected chi connectivity index (χ3v) is 7.63. The van der Waals surface area contributed by atoms with Crippen LogP contribution in [0.2, 0.25) is 0 Å². The number of nitrogens with zero attached hydrogens (tertiary/aromatic N) is 4. The molecule has 180 valence electrons. The van der Waals surface area contributed by atoms with Gasteiger partial charge in [-0.3, -0.25) is 9.59 Å². The molecule has 1 N–H and O–H groups in total. The molecule has 1 heterocycles. The molecular weight excluding hydrogens is 433 g/mol. The van der Waals surface area contributed by atoms with E-state index < -0.39 is 16.9 Å². The number of piperazine rings is 1. The fraction of sp³-hybridized carbons (Fsp3) is 0.615. The van der Waals surface area contributed by atoms with Crippen LogP contribution in [0.25, 0.3) is 0 Å². The molecular formula is C26H32FN5O2. The Kier molecular flexibility index (Phi) is 6.53. The topological polar surface area (TPSA) is 100 Å². The molecule has 1 aromatic rings. The van der Waals surface area contributed by atoms with E-state index in [9.17, 15) is 24.5 Å². The molecule has 1 saturated heterocycles. The van der Waals surface area contributed by atoms with Gasteiger partial charge in [-0.05, 0) is 57.2 Å². The highest BCUT2D eigenvalue weighted by Gasteiger charge is 2.47. The van der Waals surface area contributed by atoms with Crippen LogP contribution < -0.4 is 10.2 Å². The SMILES string of the molecule is CC(C)(C#N)c1ccc(N2CCN(C(=O)[C@@H]3CCCC[C@H]3C(=O)NC3(C#N)CC3)CC2)c(F)c1. The zero-order valence-corrected chi connectivity index (χ0v) is 19.9. The Morgan fingerprint density at radius 2 is 1.74 bits per heavy atom. The molecule has 4 rings (SSSR count). The Labute approximate surface area is 200 Å². The second-order valence-corrected chi connectivity index (χ2v) is 10.4. The predicted molar refractivity (Wildman–Crippen MR) is 125 cm³/mol. The van der Waals surface area contributed by atoms with Crippen LogP contribution in [0.1, 0.15) is 57.9 Å². The third-order valence-electron chi connectivity index (χ3n) is 7.63. The lowest BCUT2D eigenvalue weighted by molar-refractivity contribution is -0.144. The fourth-order valence-corrected chi connectivity index (χ4v) is 5.08. The molecule has 3 fully saturated rings. The Hall–Kier alpha value is -3.13. The third kappa shape index (κ3) is 4.73. The number of amides is 2. The summed E-state index contributed by atoms with van der Waals surface area (Å²) in [6.07, 6.45) is 4.52. The number of hydrogen-bond acceptors (Lipinski definition) is 5. The average molecular weight is 466 g/mol. The lowest BCUT2D eigenvalue weighted by atomic mass is 9.77. The Bertz CT molecular complexity index is 1040. The van der Waals surface area contributed by atoms with Crippen molar-refractivity contribution in [1.29, 1.82) is 10.5 Å². The number of carbonyl (C=O) groups excluding carboxylic acids is 2. The largest absolute Gasteiger partial charge is 0.366 e. The summed E-state index contributed by atoms with van der Waals surface area (Å²) in [5.74, 6) is -1.29. The molecule has 7 nitrogen and oxygen atoms in total. The smallest absolute Gasteiger partial charge is 0.226 e. The molecule has 2 amide bonds. The number of benzene rings is 1. The van der Waals surface area contributed by atoms with Gasteiger partial charge in [0.25, 0.3) is 0 Å². The summed E-state index contributed by atoms with van der Waals surface area (Å²) in [4.78, 5) is 30.0. The summed E-state index contributed by atoms with van der Waals surface area (Å²) in [6.45, 7) is 5.47. The molecule has 0 radical (unpaired) electrons. The van der Waals surface area contributed by atoms with Gasteiger partial charge in [0.15, 0.2) is 0 Å². The first kappa shape index (κ1) is 24.0. The van der Waals surface area contributed by atoms with E-state index in [1.165, 1.54) is 6.07 Å². The molecule has 1 aromatic carbocycles. The van der Waals surface area contributed by atoms with E-state index in [4.69, 9.17) is 0 Å². The minimum atomic E-state index is -0.764. The maximum Gasteiger partial charge on any atom is 0.226 e. The van der Waals surface area contributed by atoms with Crippen molar-refractivity contribution < 1.29 is 14.0 Å². The summed E-state index contributed by atoms with van der Waals surface area (Å²) in [5.41, 5.74) is -0.378. The van der Waals surface area contributed by atoms with Crippen molar-refractivity contribution in [3.63, 3.8) is 0 Å². The number of nitrogens with one attached hydrogen (secondary N) is 1. The predicted octanol–water partition coefficient (Wildman–Crippen LogP) is 3.25. The zero-order chi connectivity index (χ0) is 24.5. The number of anilines is 1. The zero-order valence-electron chi connectivity index (χ0n) is 19.9. The van der Waals surface area contributed by atoms with Crippen molar-refractivity contribution in [3.8, 4) is 12.1 Å². The van der Waals surface area contributed by atoms with Crippen molar-refractivity contribution in [2.75, 3.05) is 31.1 Å². The first-order valence-corrected chi connectivity index (χ1v) is 12.2. The summed E-state index contributed by atoms with van der Waals surface area (Å²) < 4.78 is 14.9. The number of hydrogen-bond donors (Lipinski definition) is 1. The van der Waals surface area contributed by atoms with Crippen LogP contribution in [-0.4, -0.2) is 48.4 Å². The standard InChI is InChI=1S/C26H32FN5O2/c1-25(2,16-28)18-7-8-22(21(27)15-18)31-11-13-32(14-12-31)24(34)20-6-4-3-5-19(20)23(33)30-26(17-29)9-10-26/h7-8,15,19-20H,3-6,9-14H2,1-2H3,(H,30,33)/t19-,20-/m1/s1. The monoisotopic (exact) mass is 465 g/mol. The van der Waals surface area contributed by atoms with Crippen LogP contribution in [0, 0.1) is 40.3 Å². The van der Waals surface area contributed by atoms with Crippen molar-refractivity contribution in [2.24, 2.45) is 11.8 Å². The van der Waals surface area contributed by atoms with Gasteiger partial charge in [-0.1, -0.05) is 18.9 Å². The number of rotatable bonds is 5. The van der Waals surface area contributed by atoms with Crippen LogP contribution in [0.15, 0.2) is 18.2 Å². The number of carbonyl (C=O) groups is 2. The van der Waals surface area contributed by atoms with Crippen LogP contribution in [0.4, 0.5) is 10.1 Å². The van der Waals surface area contributed by atoms with Gasteiger partial charge in [0.1, 0.15) is 11.4 Å². The quantitative estimate of drug-likeness (QED) is 0.720. The van der Waals surface area contributed by atoms with Gasteiger partial charge >= 0.3 is 0 Å². The molecule has 2 saturated carbocycles. The Balaban J connectivity index is 1.39. The fourth-order valence-electron chi connectivity index (χ4n) is 5.08. The number of halogens is 1. The molecule has 1 aliphatic heterocycles. The Morgan fingerprint density at radius 3 is 2.29 bits per heavy atom. The molecule has 0 bridgehead atoms. The van der Waals surface area contributed by atoms with Gasteiger partial charge in [0.05, 0.1) is 23.2 Å². The van der Waals surface area contributed by atoms with Crippen molar-refractivity contribution in [1.82, 2.24) is 10.2 Å². The molecule has 2 aliphatic carbocycles. The minimum Gasteiger partial charge on any atom is -0.366 e. The normalized spacial score (nSPS) is 24.0. The first-order valence-electron chi connectivity index (χ1n) is 12.2. The molecule has 0 aromatic heterocycles. The lowest BCUT2D eigenvalue weighted by Gasteiger charge is -2.40. The van der Waals surface area contributed by atoms with E-state index >= 15 is 0 Å².